The number of nitrogens with zero attached hydrogens (tertiary/aromatic N) is 1. The van der Waals surface area contributed by atoms with E-state index in [0.29, 0.717) is 5.92 Å². The van der Waals surface area contributed by atoms with Gasteiger partial charge in [-0.05, 0) is 36.0 Å². The highest BCUT2D eigenvalue weighted by atomic mass is 15.2. The van der Waals surface area contributed by atoms with Crippen molar-refractivity contribution in [2.75, 3.05) is 13.1 Å². The van der Waals surface area contributed by atoms with Crippen molar-refractivity contribution >= 4 is 10.9 Å². The molecule has 0 saturated carbocycles. The Morgan fingerprint density at radius 1 is 0.957 bits per heavy atom. The summed E-state index contributed by atoms with van der Waals surface area (Å²) in [6.45, 7) is 3.54. The van der Waals surface area contributed by atoms with Gasteiger partial charge in [-0.25, -0.2) is 0 Å². The molecule has 2 aliphatic rings. The van der Waals surface area contributed by atoms with Crippen LogP contribution < -0.4 is 0 Å². The number of nitrogens with one attached hydrogen (secondary N) is 1. The number of aromatic amines is 1. The molecule has 2 heteroatoms. The van der Waals surface area contributed by atoms with Gasteiger partial charge in [-0.2, -0.15) is 0 Å². The summed E-state index contributed by atoms with van der Waals surface area (Å²) in [5.74, 6) is 1.53. The number of fused-ring (bicyclic) bond motifs is 5. The van der Waals surface area contributed by atoms with Gasteiger partial charge in [0, 0.05) is 42.1 Å². The van der Waals surface area contributed by atoms with Crippen molar-refractivity contribution in [3.8, 4) is 0 Å². The Bertz CT molecular complexity index is 833. The van der Waals surface area contributed by atoms with Gasteiger partial charge in [0.05, 0.1) is 0 Å². The smallest absolute Gasteiger partial charge is 0.0459 e. The molecular weight excluding hydrogens is 280 g/mol. The number of para-hydroxylation sites is 1. The maximum absolute atomic E-state index is 3.67. The quantitative estimate of drug-likeness (QED) is 0.746. The maximum Gasteiger partial charge on any atom is 0.0459 e. The molecular formula is C21H22N2. The molecule has 0 spiro atoms. The lowest BCUT2D eigenvalue weighted by Gasteiger charge is -2.24. The van der Waals surface area contributed by atoms with Crippen molar-refractivity contribution in [1.29, 1.82) is 0 Å². The zero-order valence-corrected chi connectivity index (χ0v) is 13.3. The minimum Gasteiger partial charge on any atom is -0.358 e. The van der Waals surface area contributed by atoms with Gasteiger partial charge in [-0.1, -0.05) is 48.5 Å². The van der Waals surface area contributed by atoms with Crippen molar-refractivity contribution < 1.29 is 0 Å². The molecule has 1 aliphatic heterocycles. The van der Waals surface area contributed by atoms with Crippen LogP contribution in [0, 0.1) is 5.92 Å². The second-order valence-corrected chi connectivity index (χ2v) is 7.15. The zero-order chi connectivity index (χ0) is 15.2. The zero-order valence-electron chi connectivity index (χ0n) is 13.3. The van der Waals surface area contributed by atoms with Crippen LogP contribution in [0.15, 0.2) is 54.6 Å². The van der Waals surface area contributed by atoms with Gasteiger partial charge < -0.3 is 4.98 Å². The van der Waals surface area contributed by atoms with Crippen molar-refractivity contribution in [2.45, 2.75) is 25.3 Å². The van der Waals surface area contributed by atoms with Crippen LogP contribution in [0.5, 0.6) is 0 Å². The van der Waals surface area contributed by atoms with Gasteiger partial charge in [0.25, 0.3) is 0 Å². The molecule has 1 N–H and O–H groups in total. The fourth-order valence-electron chi connectivity index (χ4n) is 4.72. The van der Waals surface area contributed by atoms with Crippen LogP contribution in [0.2, 0.25) is 0 Å². The Morgan fingerprint density at radius 2 is 1.78 bits per heavy atom. The average Bonchev–Trinajstić information content (AvgIpc) is 3.15. The van der Waals surface area contributed by atoms with E-state index in [2.05, 4.69) is 64.5 Å². The van der Waals surface area contributed by atoms with E-state index >= 15 is 0 Å². The number of aryl methyl sites for hydroxylation is 1. The third-order valence-corrected chi connectivity index (χ3v) is 5.73. The topological polar surface area (TPSA) is 19.0 Å². The Labute approximate surface area is 137 Å². The molecule has 0 amide bonds. The molecule has 1 saturated heterocycles. The van der Waals surface area contributed by atoms with Crippen molar-refractivity contribution in [1.82, 2.24) is 9.88 Å². The third-order valence-electron chi connectivity index (χ3n) is 5.73. The van der Waals surface area contributed by atoms with E-state index in [4.69, 9.17) is 0 Å². The summed E-state index contributed by atoms with van der Waals surface area (Å²) in [6, 6.07) is 19.7. The van der Waals surface area contributed by atoms with Crippen molar-refractivity contribution in [2.24, 2.45) is 5.92 Å². The summed E-state index contributed by atoms with van der Waals surface area (Å²) in [6.07, 6.45) is 2.54. The second-order valence-electron chi connectivity index (χ2n) is 7.15. The summed E-state index contributed by atoms with van der Waals surface area (Å²) in [7, 11) is 0. The highest BCUT2D eigenvalue weighted by Gasteiger charge is 2.39. The molecule has 1 aliphatic carbocycles. The van der Waals surface area contributed by atoms with E-state index in [1.54, 1.807) is 5.56 Å². The fraction of sp³-hybridized carbons (Fsp3) is 0.333. The maximum atomic E-state index is 3.67. The van der Waals surface area contributed by atoms with Gasteiger partial charge in [0.2, 0.25) is 0 Å². The molecule has 0 radical (unpaired) electrons. The number of H-pyrrole nitrogens is 1. The number of likely N-dealkylation sites (tertiary alicyclic amines) is 1. The van der Waals surface area contributed by atoms with E-state index < -0.39 is 0 Å². The van der Waals surface area contributed by atoms with Crippen molar-refractivity contribution in [3.05, 3.63) is 71.4 Å². The lowest BCUT2D eigenvalue weighted by Crippen LogP contribution is -2.20. The normalized spacial score (nSPS) is 23.8. The number of aromatic nitrogens is 1. The Morgan fingerprint density at radius 3 is 2.70 bits per heavy atom. The average molecular weight is 302 g/mol. The molecule has 5 rings (SSSR count). The van der Waals surface area contributed by atoms with E-state index in [9.17, 15) is 0 Å². The molecule has 3 aromatic rings. The number of rotatable bonds is 2. The van der Waals surface area contributed by atoms with Gasteiger partial charge in [0.15, 0.2) is 0 Å². The predicted octanol–water partition coefficient (Wildman–Crippen LogP) is 4.33. The van der Waals surface area contributed by atoms with E-state index in [-0.39, 0.29) is 0 Å². The number of benzene rings is 2. The van der Waals surface area contributed by atoms with Crippen LogP contribution in [-0.2, 0) is 13.0 Å². The van der Waals surface area contributed by atoms with Crippen LogP contribution in [0.25, 0.3) is 10.9 Å². The molecule has 1 aromatic heterocycles. The van der Waals surface area contributed by atoms with Gasteiger partial charge in [-0.3, -0.25) is 4.90 Å². The SMILES string of the molecule is c1ccc(CN2C[C@@H]3CCc4[nH]c5ccccc5c4[C@@H]3C2)cc1. The standard InChI is InChI=1S/C21H22N2/c1-2-6-15(7-3-1)12-23-13-16-10-11-20-21(18(16)14-23)17-8-4-5-9-19(17)22-20/h1-9,16,18,22H,10-14H2/t16-,18+/m0/s1. The van der Waals surface area contributed by atoms with E-state index in [1.807, 2.05) is 0 Å². The Balaban J connectivity index is 1.46. The molecule has 0 unspecified atom stereocenters. The molecule has 1 fully saturated rings. The van der Waals surface area contributed by atoms with E-state index in [1.165, 1.54) is 48.1 Å². The molecule has 116 valence electrons. The molecule has 2 nitrogen and oxygen atoms in total. The predicted molar refractivity (Wildman–Crippen MR) is 94.6 cm³/mol. The minimum absolute atomic E-state index is 0.707. The third kappa shape index (κ3) is 2.21. The molecule has 0 bridgehead atoms. The minimum atomic E-state index is 0.707. The lowest BCUT2D eigenvalue weighted by atomic mass is 9.79. The second kappa shape index (κ2) is 5.24. The van der Waals surface area contributed by atoms with Gasteiger partial charge in [-0.15, -0.1) is 0 Å². The van der Waals surface area contributed by atoms with Gasteiger partial charge >= 0.3 is 0 Å². The first kappa shape index (κ1) is 13.4. The Kier molecular flexibility index (Phi) is 3.05. The van der Waals surface area contributed by atoms with Crippen molar-refractivity contribution in [3.63, 3.8) is 0 Å². The van der Waals surface area contributed by atoms with Crippen LogP contribution in [0.4, 0.5) is 0 Å². The van der Waals surface area contributed by atoms with Crippen LogP contribution in [0.1, 0.15) is 29.2 Å². The summed E-state index contributed by atoms with van der Waals surface area (Å²) in [5.41, 5.74) is 5.87. The summed E-state index contributed by atoms with van der Waals surface area (Å²) < 4.78 is 0. The number of hydrogen-bond donors (Lipinski definition) is 1. The molecule has 2 atom stereocenters. The first-order valence-corrected chi connectivity index (χ1v) is 8.74. The first-order valence-electron chi connectivity index (χ1n) is 8.74. The highest BCUT2D eigenvalue weighted by Crippen LogP contribution is 2.44. The monoisotopic (exact) mass is 302 g/mol. The fourth-order valence-corrected chi connectivity index (χ4v) is 4.72. The highest BCUT2D eigenvalue weighted by molar-refractivity contribution is 5.85. The summed E-state index contributed by atoms with van der Waals surface area (Å²) >= 11 is 0. The van der Waals surface area contributed by atoms with Crippen LogP contribution >= 0.6 is 0 Å². The van der Waals surface area contributed by atoms with E-state index in [0.717, 1.165) is 12.5 Å². The largest absolute Gasteiger partial charge is 0.358 e. The summed E-state index contributed by atoms with van der Waals surface area (Å²) in [4.78, 5) is 6.33. The molecule has 23 heavy (non-hydrogen) atoms. The molecule has 2 heterocycles. The first-order chi connectivity index (χ1) is 11.4. The lowest BCUT2D eigenvalue weighted by molar-refractivity contribution is 0.313. The number of hydrogen-bond acceptors (Lipinski definition) is 1. The van der Waals surface area contributed by atoms with Gasteiger partial charge in [0.1, 0.15) is 0 Å². The Hall–Kier alpha value is -2.06. The van der Waals surface area contributed by atoms with Crippen LogP contribution in [0.3, 0.4) is 0 Å². The summed E-state index contributed by atoms with van der Waals surface area (Å²) in [5, 5.41) is 1.46. The van der Waals surface area contributed by atoms with Crippen LogP contribution in [-0.4, -0.2) is 23.0 Å². The molecule has 2 aromatic carbocycles.